The maximum atomic E-state index is 12.0. The van der Waals surface area contributed by atoms with E-state index in [1.54, 1.807) is 11.1 Å². The third kappa shape index (κ3) is 2.45. The summed E-state index contributed by atoms with van der Waals surface area (Å²) >= 11 is 0. The van der Waals surface area contributed by atoms with Gasteiger partial charge in [0.1, 0.15) is 6.61 Å². The third-order valence-electron chi connectivity index (χ3n) is 3.38. The summed E-state index contributed by atoms with van der Waals surface area (Å²) in [5.74, 6) is 0. The number of fused-ring (bicyclic) bond motifs is 1. The molecule has 104 valence electrons. The van der Waals surface area contributed by atoms with E-state index in [0.29, 0.717) is 19.5 Å². The zero-order valence-corrected chi connectivity index (χ0v) is 10.9. The van der Waals surface area contributed by atoms with E-state index in [4.69, 9.17) is 4.74 Å². The first-order valence-electron chi connectivity index (χ1n) is 6.44. The number of carbonyl (C=O) groups excluding carboxylic acids is 1. The van der Waals surface area contributed by atoms with Gasteiger partial charge in [-0.2, -0.15) is 0 Å². The van der Waals surface area contributed by atoms with Crippen molar-refractivity contribution >= 4 is 6.09 Å². The maximum absolute atomic E-state index is 12.0. The number of nitrogens with zero attached hydrogens (tertiary/aromatic N) is 3. The highest BCUT2D eigenvalue weighted by atomic mass is 16.6. The molecule has 3 rings (SSSR count). The summed E-state index contributed by atoms with van der Waals surface area (Å²) in [5, 5.41) is 13.2. The molecule has 6 heteroatoms. The molecule has 0 unspecified atom stereocenters. The van der Waals surface area contributed by atoms with E-state index in [1.165, 1.54) is 0 Å². The molecule has 1 aliphatic heterocycles. The van der Waals surface area contributed by atoms with Crippen molar-refractivity contribution < 1.29 is 14.7 Å². The van der Waals surface area contributed by atoms with Crippen molar-refractivity contribution in [3.05, 3.63) is 53.3 Å². The second kappa shape index (κ2) is 5.24. The van der Waals surface area contributed by atoms with Gasteiger partial charge >= 0.3 is 6.09 Å². The molecule has 20 heavy (non-hydrogen) atoms. The lowest BCUT2D eigenvalue weighted by Gasteiger charge is -2.25. The molecule has 1 aromatic carbocycles. The minimum absolute atomic E-state index is 0.266. The fraction of sp³-hybridized carbons (Fsp3) is 0.286. The highest BCUT2D eigenvalue weighted by molar-refractivity contribution is 5.68. The van der Waals surface area contributed by atoms with Crippen LogP contribution >= 0.6 is 0 Å². The van der Waals surface area contributed by atoms with Gasteiger partial charge in [0.2, 0.25) is 0 Å². The Labute approximate surface area is 116 Å². The number of amides is 1. The zero-order chi connectivity index (χ0) is 13.9. The largest absolute Gasteiger partial charge is 0.445 e. The standard InChI is InChI=1S/C14H15N3O3/c18-14(20-10-11-4-2-1-3-5-11)16-7-6-13-12(9-16)8-15-17(13)19/h1-5,8,19H,6-7,9-10H2. The van der Waals surface area contributed by atoms with Crippen LogP contribution in [0.25, 0.3) is 0 Å². The van der Waals surface area contributed by atoms with Crippen LogP contribution in [0.4, 0.5) is 4.79 Å². The van der Waals surface area contributed by atoms with Crippen LogP contribution in [0.5, 0.6) is 0 Å². The number of ether oxygens (including phenoxy) is 1. The van der Waals surface area contributed by atoms with Gasteiger partial charge in [0.15, 0.2) is 0 Å². The van der Waals surface area contributed by atoms with Gasteiger partial charge in [0.05, 0.1) is 18.4 Å². The molecule has 1 N–H and O–H groups in total. The zero-order valence-electron chi connectivity index (χ0n) is 10.9. The van der Waals surface area contributed by atoms with Gasteiger partial charge in [-0.05, 0) is 5.56 Å². The predicted molar refractivity (Wildman–Crippen MR) is 70.2 cm³/mol. The topological polar surface area (TPSA) is 67.6 Å². The van der Waals surface area contributed by atoms with Crippen LogP contribution in [-0.2, 0) is 24.3 Å². The Balaban J connectivity index is 1.59. The van der Waals surface area contributed by atoms with Gasteiger partial charge in [0.25, 0.3) is 0 Å². The molecule has 1 aromatic heterocycles. The van der Waals surface area contributed by atoms with E-state index in [-0.39, 0.29) is 12.7 Å². The molecule has 0 fully saturated rings. The second-order valence-electron chi connectivity index (χ2n) is 4.72. The SMILES string of the molecule is O=C(OCc1ccccc1)N1CCc2c(cnn2O)C1. The van der Waals surface area contributed by atoms with Crippen LogP contribution in [0.1, 0.15) is 16.8 Å². The van der Waals surface area contributed by atoms with Crippen molar-refractivity contribution in [1.29, 1.82) is 0 Å². The number of aromatic nitrogens is 2. The van der Waals surface area contributed by atoms with Crippen LogP contribution < -0.4 is 0 Å². The quantitative estimate of drug-likeness (QED) is 0.847. The third-order valence-corrected chi connectivity index (χ3v) is 3.38. The van der Waals surface area contributed by atoms with E-state index in [1.807, 2.05) is 30.3 Å². The lowest BCUT2D eigenvalue weighted by atomic mass is 10.1. The molecule has 0 saturated carbocycles. The van der Waals surface area contributed by atoms with Crippen LogP contribution in [0.15, 0.2) is 36.5 Å². The fourth-order valence-electron chi connectivity index (χ4n) is 2.28. The van der Waals surface area contributed by atoms with Crippen LogP contribution in [-0.4, -0.2) is 32.7 Å². The van der Waals surface area contributed by atoms with Crippen LogP contribution in [0.2, 0.25) is 0 Å². The number of benzene rings is 1. The number of carbonyl (C=O) groups is 1. The van der Waals surface area contributed by atoms with E-state index >= 15 is 0 Å². The van der Waals surface area contributed by atoms with Crippen LogP contribution in [0.3, 0.4) is 0 Å². The summed E-state index contributed by atoms with van der Waals surface area (Å²) < 4.78 is 5.29. The maximum Gasteiger partial charge on any atom is 0.410 e. The van der Waals surface area contributed by atoms with Gasteiger partial charge in [-0.25, -0.2) is 4.79 Å². The summed E-state index contributed by atoms with van der Waals surface area (Å²) in [6.45, 7) is 1.21. The molecule has 0 atom stereocenters. The highest BCUT2D eigenvalue weighted by Crippen LogP contribution is 2.18. The summed E-state index contributed by atoms with van der Waals surface area (Å²) in [6, 6.07) is 9.57. The molecule has 0 saturated heterocycles. The second-order valence-corrected chi connectivity index (χ2v) is 4.72. The molecular weight excluding hydrogens is 258 g/mol. The first-order chi connectivity index (χ1) is 9.74. The Bertz CT molecular complexity index is 609. The van der Waals surface area contributed by atoms with Crippen LogP contribution in [0, 0.1) is 0 Å². The van der Waals surface area contributed by atoms with Gasteiger partial charge in [-0.15, -0.1) is 9.94 Å². The number of rotatable bonds is 2. The van der Waals surface area contributed by atoms with Crippen molar-refractivity contribution in [2.75, 3.05) is 6.54 Å². The van der Waals surface area contributed by atoms with Gasteiger partial charge in [0, 0.05) is 18.5 Å². The normalized spacial score (nSPS) is 13.9. The molecule has 6 nitrogen and oxygen atoms in total. The highest BCUT2D eigenvalue weighted by Gasteiger charge is 2.24. The molecule has 1 aliphatic rings. The average molecular weight is 273 g/mol. The van der Waals surface area contributed by atoms with E-state index < -0.39 is 0 Å². The molecule has 2 heterocycles. The molecule has 0 bridgehead atoms. The summed E-state index contributed by atoms with van der Waals surface area (Å²) in [5.41, 5.74) is 2.58. The predicted octanol–water partition coefficient (Wildman–Crippen LogP) is 1.82. The lowest BCUT2D eigenvalue weighted by Crippen LogP contribution is -2.36. The fourth-order valence-corrected chi connectivity index (χ4v) is 2.28. The Hall–Kier alpha value is -2.50. The first-order valence-corrected chi connectivity index (χ1v) is 6.44. The van der Waals surface area contributed by atoms with Gasteiger partial charge in [-0.3, -0.25) is 0 Å². The average Bonchev–Trinajstić information content (AvgIpc) is 2.87. The van der Waals surface area contributed by atoms with Crippen molar-refractivity contribution in [3.8, 4) is 0 Å². The Morgan fingerprint density at radius 1 is 1.35 bits per heavy atom. The lowest BCUT2D eigenvalue weighted by molar-refractivity contribution is 0.0879. The first kappa shape index (κ1) is 12.5. The molecule has 0 radical (unpaired) electrons. The van der Waals surface area contributed by atoms with E-state index in [9.17, 15) is 10.0 Å². The van der Waals surface area contributed by atoms with Gasteiger partial charge < -0.3 is 14.8 Å². The van der Waals surface area contributed by atoms with Crippen molar-refractivity contribution in [1.82, 2.24) is 14.8 Å². The van der Waals surface area contributed by atoms with Crippen molar-refractivity contribution in [2.24, 2.45) is 0 Å². The monoisotopic (exact) mass is 273 g/mol. The molecule has 2 aromatic rings. The van der Waals surface area contributed by atoms with E-state index in [2.05, 4.69) is 5.10 Å². The van der Waals surface area contributed by atoms with Gasteiger partial charge in [-0.1, -0.05) is 30.3 Å². The van der Waals surface area contributed by atoms with E-state index in [0.717, 1.165) is 21.7 Å². The summed E-state index contributed by atoms with van der Waals surface area (Å²) in [6.07, 6.45) is 1.81. The number of hydrogen-bond donors (Lipinski definition) is 1. The number of hydrogen-bond acceptors (Lipinski definition) is 4. The summed E-state index contributed by atoms with van der Waals surface area (Å²) in [4.78, 5) is 14.5. The molecular formula is C14H15N3O3. The molecule has 0 aliphatic carbocycles. The smallest absolute Gasteiger partial charge is 0.410 e. The van der Waals surface area contributed by atoms with Crippen molar-refractivity contribution in [2.45, 2.75) is 19.6 Å². The Morgan fingerprint density at radius 2 is 2.15 bits per heavy atom. The Morgan fingerprint density at radius 3 is 2.95 bits per heavy atom. The molecule has 0 spiro atoms. The molecule has 1 amide bonds. The Kier molecular flexibility index (Phi) is 3.28. The van der Waals surface area contributed by atoms with Crippen molar-refractivity contribution in [3.63, 3.8) is 0 Å². The minimum Gasteiger partial charge on any atom is -0.445 e. The minimum atomic E-state index is -0.342. The summed E-state index contributed by atoms with van der Waals surface area (Å²) in [7, 11) is 0.